The zero-order valence-corrected chi connectivity index (χ0v) is 31.6. The van der Waals surface area contributed by atoms with Crippen LogP contribution in [-0.4, -0.2) is 69.6 Å². The number of carbonyl (C=O) groups is 1. The fraction of sp³-hybridized carbons (Fsp3) is 0.267. The van der Waals surface area contributed by atoms with E-state index < -0.39 is 6.29 Å². The number of non-ortho nitro benzene ring substituents is 1. The third-order valence-corrected chi connectivity index (χ3v) is 11.0. The van der Waals surface area contributed by atoms with Crippen molar-refractivity contribution in [3.63, 3.8) is 0 Å². The standard InChI is InChI=1S/C45H44N6O6/c1-30-42(28-49-22-24-50(25-23-49)36-18-20-37(21-19-36)51(54)55)56-45(57-43(30)33-12-10-31(29-52)11-13-33)34-16-14-32(15-17-34)38-7-3-2-6-35(38)26-47-44(53)41-27-46-39-8-4-5-9-40(39)48-41/h2-21,27,30,42-43,45,52H,22-26,28-29H2,1H3,(H,47,53). The molecule has 2 fully saturated rings. The first-order valence-electron chi connectivity index (χ1n) is 19.2. The van der Waals surface area contributed by atoms with E-state index in [0.717, 1.165) is 77.3 Å². The molecule has 2 aliphatic heterocycles. The van der Waals surface area contributed by atoms with Crippen molar-refractivity contribution in [2.75, 3.05) is 37.6 Å². The number of nitro benzene ring substituents is 1. The molecule has 57 heavy (non-hydrogen) atoms. The second-order valence-corrected chi connectivity index (χ2v) is 14.6. The Bertz CT molecular complexity index is 2330. The number of aliphatic hydroxyl groups excluding tert-OH is 1. The number of fused-ring (bicyclic) bond motifs is 1. The molecule has 1 amide bonds. The number of anilines is 1. The molecule has 290 valence electrons. The highest BCUT2D eigenvalue weighted by Gasteiger charge is 2.39. The van der Waals surface area contributed by atoms with Gasteiger partial charge in [0.25, 0.3) is 11.6 Å². The van der Waals surface area contributed by atoms with E-state index in [1.165, 1.54) is 6.20 Å². The van der Waals surface area contributed by atoms with E-state index >= 15 is 0 Å². The molecule has 0 bridgehead atoms. The molecule has 6 aromatic rings. The molecule has 2 aliphatic rings. The Morgan fingerprint density at radius 2 is 1.53 bits per heavy atom. The van der Waals surface area contributed by atoms with Gasteiger partial charge in [-0.3, -0.25) is 24.8 Å². The Labute approximate surface area is 330 Å². The van der Waals surface area contributed by atoms with Crippen molar-refractivity contribution < 1.29 is 24.3 Å². The molecule has 12 nitrogen and oxygen atoms in total. The summed E-state index contributed by atoms with van der Waals surface area (Å²) in [4.78, 5) is 37.4. The number of benzene rings is 5. The minimum Gasteiger partial charge on any atom is -0.392 e. The molecule has 0 aliphatic carbocycles. The fourth-order valence-electron chi connectivity index (χ4n) is 7.66. The van der Waals surface area contributed by atoms with Crippen LogP contribution < -0.4 is 10.2 Å². The molecule has 0 saturated carbocycles. The van der Waals surface area contributed by atoms with Gasteiger partial charge in [0.05, 0.1) is 41.0 Å². The number of aromatic nitrogens is 2. The van der Waals surface area contributed by atoms with Gasteiger partial charge in [-0.05, 0) is 52.1 Å². The SMILES string of the molecule is CC1C(CN2CCN(c3ccc([N+](=O)[O-])cc3)CC2)OC(c2ccc(-c3ccccc3CNC(=O)c3cnc4ccccc4n3)cc2)OC1c1ccc(CO)cc1. The van der Waals surface area contributed by atoms with Crippen LogP contribution in [0.4, 0.5) is 11.4 Å². The van der Waals surface area contributed by atoms with Crippen LogP contribution in [0.2, 0.25) is 0 Å². The number of aliphatic hydroxyl groups is 1. The van der Waals surface area contributed by atoms with Crippen LogP contribution in [0.1, 0.15) is 52.1 Å². The molecule has 4 unspecified atom stereocenters. The summed E-state index contributed by atoms with van der Waals surface area (Å²) >= 11 is 0. The van der Waals surface area contributed by atoms with Gasteiger partial charge in [-0.1, -0.05) is 91.9 Å². The highest BCUT2D eigenvalue weighted by atomic mass is 16.7. The Morgan fingerprint density at radius 1 is 0.842 bits per heavy atom. The van der Waals surface area contributed by atoms with Crippen molar-refractivity contribution in [3.8, 4) is 11.1 Å². The van der Waals surface area contributed by atoms with Gasteiger partial charge in [-0.15, -0.1) is 0 Å². The summed E-state index contributed by atoms with van der Waals surface area (Å²) in [5.41, 5.74) is 8.48. The van der Waals surface area contributed by atoms with Crippen molar-refractivity contribution in [2.24, 2.45) is 5.92 Å². The number of hydrogen-bond donors (Lipinski definition) is 2. The number of ether oxygens (including phenoxy) is 2. The first kappa shape index (κ1) is 37.9. The van der Waals surface area contributed by atoms with E-state index in [1.807, 2.05) is 97.1 Å². The third kappa shape index (κ3) is 8.54. The van der Waals surface area contributed by atoms with Gasteiger partial charge >= 0.3 is 0 Å². The van der Waals surface area contributed by atoms with Crippen molar-refractivity contribution in [3.05, 3.63) is 166 Å². The molecule has 12 heteroatoms. The average Bonchev–Trinajstić information content (AvgIpc) is 3.26. The van der Waals surface area contributed by atoms with Crippen LogP contribution in [0.25, 0.3) is 22.2 Å². The van der Waals surface area contributed by atoms with E-state index in [9.17, 15) is 20.0 Å². The number of nitro groups is 1. The normalized spacial score (nSPS) is 20.0. The van der Waals surface area contributed by atoms with Crippen molar-refractivity contribution in [1.82, 2.24) is 20.2 Å². The number of rotatable bonds is 11. The monoisotopic (exact) mass is 764 g/mol. The van der Waals surface area contributed by atoms with E-state index in [4.69, 9.17) is 9.47 Å². The van der Waals surface area contributed by atoms with E-state index in [0.29, 0.717) is 12.1 Å². The number of hydrogen-bond acceptors (Lipinski definition) is 10. The summed E-state index contributed by atoms with van der Waals surface area (Å²) < 4.78 is 13.5. The zero-order chi connectivity index (χ0) is 39.3. The lowest BCUT2D eigenvalue weighted by molar-refractivity contribution is -0.384. The van der Waals surface area contributed by atoms with Crippen LogP contribution in [0.3, 0.4) is 0 Å². The minimum atomic E-state index is -0.609. The maximum absolute atomic E-state index is 13.1. The molecule has 8 rings (SSSR count). The average molecular weight is 765 g/mol. The molecular formula is C45H44N6O6. The largest absolute Gasteiger partial charge is 0.392 e. The van der Waals surface area contributed by atoms with Crippen LogP contribution >= 0.6 is 0 Å². The first-order chi connectivity index (χ1) is 27.8. The summed E-state index contributed by atoms with van der Waals surface area (Å²) in [5, 5.41) is 23.8. The summed E-state index contributed by atoms with van der Waals surface area (Å²) in [6, 6.07) is 38.4. The lowest BCUT2D eigenvalue weighted by atomic mass is 9.89. The highest BCUT2D eigenvalue weighted by Crippen LogP contribution is 2.42. The van der Waals surface area contributed by atoms with Gasteiger partial charge in [0.1, 0.15) is 5.69 Å². The Kier molecular flexibility index (Phi) is 11.3. The smallest absolute Gasteiger partial charge is 0.271 e. The molecule has 2 N–H and O–H groups in total. The van der Waals surface area contributed by atoms with Gasteiger partial charge in [0, 0.05) is 68.6 Å². The van der Waals surface area contributed by atoms with Gasteiger partial charge in [-0.2, -0.15) is 0 Å². The fourth-order valence-corrected chi connectivity index (χ4v) is 7.66. The van der Waals surface area contributed by atoms with Crippen molar-refractivity contribution in [2.45, 2.75) is 38.6 Å². The molecular weight excluding hydrogens is 721 g/mol. The van der Waals surface area contributed by atoms with E-state index in [-0.39, 0.29) is 46.9 Å². The summed E-state index contributed by atoms with van der Waals surface area (Å²) in [6.07, 6.45) is 0.525. The summed E-state index contributed by atoms with van der Waals surface area (Å²) in [7, 11) is 0. The zero-order valence-electron chi connectivity index (χ0n) is 31.6. The van der Waals surface area contributed by atoms with Gasteiger partial charge in [0.2, 0.25) is 0 Å². The second-order valence-electron chi connectivity index (χ2n) is 14.6. The van der Waals surface area contributed by atoms with Crippen molar-refractivity contribution >= 4 is 28.3 Å². The summed E-state index contributed by atoms with van der Waals surface area (Å²) in [5.74, 6) is -0.253. The number of carbonyl (C=O) groups excluding carboxylic acids is 1. The maximum atomic E-state index is 13.1. The summed E-state index contributed by atoms with van der Waals surface area (Å²) in [6.45, 7) is 6.45. The molecule has 5 aromatic carbocycles. The number of amides is 1. The molecule has 0 spiro atoms. The van der Waals surface area contributed by atoms with Crippen LogP contribution in [0, 0.1) is 16.0 Å². The lowest BCUT2D eigenvalue weighted by Gasteiger charge is -2.44. The maximum Gasteiger partial charge on any atom is 0.271 e. The Morgan fingerprint density at radius 3 is 2.25 bits per heavy atom. The number of nitrogens with zero attached hydrogens (tertiary/aromatic N) is 5. The highest BCUT2D eigenvalue weighted by molar-refractivity contribution is 5.93. The molecule has 3 heterocycles. The van der Waals surface area contributed by atoms with Crippen LogP contribution in [0.15, 0.2) is 128 Å². The van der Waals surface area contributed by atoms with Gasteiger partial charge in [0.15, 0.2) is 6.29 Å². The van der Waals surface area contributed by atoms with E-state index in [2.05, 4.69) is 44.1 Å². The number of nitrogens with one attached hydrogen (secondary N) is 1. The second kappa shape index (κ2) is 17.0. The lowest BCUT2D eigenvalue weighted by Crippen LogP contribution is -2.51. The van der Waals surface area contributed by atoms with Crippen LogP contribution in [-0.2, 0) is 22.6 Å². The Hall–Kier alpha value is -6.05. The number of para-hydroxylation sites is 2. The number of piperazine rings is 1. The van der Waals surface area contributed by atoms with E-state index in [1.54, 1.807) is 12.1 Å². The predicted octanol–water partition coefficient (Wildman–Crippen LogP) is 7.24. The quantitative estimate of drug-likeness (QED) is 0.102. The molecule has 4 atom stereocenters. The van der Waals surface area contributed by atoms with Crippen molar-refractivity contribution in [1.29, 1.82) is 0 Å². The van der Waals surface area contributed by atoms with Gasteiger partial charge < -0.3 is 24.8 Å². The topological polar surface area (TPSA) is 143 Å². The first-order valence-corrected chi connectivity index (χ1v) is 19.2. The molecule has 0 radical (unpaired) electrons. The van der Waals surface area contributed by atoms with Crippen LogP contribution in [0.5, 0.6) is 0 Å². The molecule has 1 aromatic heterocycles. The Balaban J connectivity index is 0.966. The predicted molar refractivity (Wildman–Crippen MR) is 217 cm³/mol. The molecule has 2 saturated heterocycles. The third-order valence-electron chi connectivity index (χ3n) is 11.0. The minimum absolute atomic E-state index is 0.0252. The van der Waals surface area contributed by atoms with Gasteiger partial charge in [-0.25, -0.2) is 4.98 Å².